The van der Waals surface area contributed by atoms with Crippen molar-refractivity contribution in [3.8, 4) is 17.6 Å². The molecule has 0 unspecified atom stereocenters. The molecule has 2 N–H and O–H groups in total. The van der Waals surface area contributed by atoms with Crippen LogP contribution in [0.15, 0.2) is 46.9 Å². The van der Waals surface area contributed by atoms with Crippen molar-refractivity contribution < 1.29 is 14.8 Å². The van der Waals surface area contributed by atoms with Crippen LogP contribution in [0.1, 0.15) is 11.1 Å². The van der Waals surface area contributed by atoms with Crippen LogP contribution in [0.3, 0.4) is 0 Å². The average Bonchev–Trinajstić information content (AvgIpc) is 2.43. The Hall–Kier alpha value is -1.81. The van der Waals surface area contributed by atoms with E-state index in [0.29, 0.717) is 17.1 Å². The zero-order chi connectivity index (χ0) is 14.5. The maximum Gasteiger partial charge on any atom is 0.456 e. The second-order valence-corrected chi connectivity index (χ2v) is 5.03. The highest BCUT2D eigenvalue weighted by Gasteiger charge is 2.12. The van der Waals surface area contributed by atoms with E-state index in [9.17, 15) is 0 Å². The van der Waals surface area contributed by atoms with Crippen LogP contribution in [-0.2, 0) is 6.32 Å². The van der Waals surface area contributed by atoms with Gasteiger partial charge in [-0.15, -0.1) is 0 Å². The van der Waals surface area contributed by atoms with Gasteiger partial charge in [-0.2, -0.15) is 5.26 Å². The second kappa shape index (κ2) is 6.57. The van der Waals surface area contributed by atoms with Crippen molar-refractivity contribution in [3.05, 3.63) is 58.1 Å². The molecular formula is C14H11BBrNO3. The average molecular weight is 332 g/mol. The number of hydrogen-bond acceptors (Lipinski definition) is 4. The highest BCUT2D eigenvalue weighted by atomic mass is 79.9. The standard InChI is InChI=1S/C14H11BBrNO3/c16-14-6-5-13(7-11(14)8-15(18)19)20-12-3-1-10(9-17)2-4-12/h1-7,18-19H,8H2. The predicted molar refractivity (Wildman–Crippen MR) is 79.3 cm³/mol. The number of rotatable bonds is 4. The van der Waals surface area contributed by atoms with E-state index in [-0.39, 0.29) is 6.32 Å². The molecule has 0 amide bonds. The van der Waals surface area contributed by atoms with E-state index < -0.39 is 7.12 Å². The Kier molecular flexibility index (Phi) is 4.80. The lowest BCUT2D eigenvalue weighted by Crippen LogP contribution is -2.15. The van der Waals surface area contributed by atoms with Crippen LogP contribution >= 0.6 is 15.9 Å². The fraction of sp³-hybridized carbons (Fsp3) is 0.0714. The lowest BCUT2D eigenvalue weighted by atomic mass is 9.82. The molecule has 0 saturated heterocycles. The summed E-state index contributed by atoms with van der Waals surface area (Å²) in [6.07, 6.45) is 0.116. The Balaban J connectivity index is 2.18. The third-order valence-corrected chi connectivity index (χ3v) is 3.41. The number of nitriles is 1. The topological polar surface area (TPSA) is 73.5 Å². The Bertz CT molecular complexity index is 638. The predicted octanol–water partition coefficient (Wildman–Crippen LogP) is 2.67. The molecular weight excluding hydrogens is 321 g/mol. The van der Waals surface area contributed by atoms with Crippen LogP contribution in [-0.4, -0.2) is 17.2 Å². The summed E-state index contributed by atoms with van der Waals surface area (Å²) in [5, 5.41) is 26.8. The Morgan fingerprint density at radius 2 is 1.75 bits per heavy atom. The summed E-state index contributed by atoms with van der Waals surface area (Å²) in [6, 6.07) is 14.1. The third kappa shape index (κ3) is 3.84. The molecule has 6 heteroatoms. The van der Waals surface area contributed by atoms with Gasteiger partial charge in [0.2, 0.25) is 0 Å². The summed E-state index contributed by atoms with van der Waals surface area (Å²) in [5.41, 5.74) is 1.31. The summed E-state index contributed by atoms with van der Waals surface area (Å²) in [5.74, 6) is 1.20. The molecule has 0 aromatic heterocycles. The molecule has 2 aromatic carbocycles. The van der Waals surface area contributed by atoms with Crippen LogP contribution in [0.4, 0.5) is 0 Å². The van der Waals surface area contributed by atoms with Crippen molar-refractivity contribution in [2.75, 3.05) is 0 Å². The second-order valence-electron chi connectivity index (χ2n) is 4.18. The van der Waals surface area contributed by atoms with Gasteiger partial charge in [0.25, 0.3) is 0 Å². The van der Waals surface area contributed by atoms with E-state index in [1.54, 1.807) is 42.5 Å². The van der Waals surface area contributed by atoms with Gasteiger partial charge in [-0.05, 0) is 48.0 Å². The van der Waals surface area contributed by atoms with Gasteiger partial charge in [0, 0.05) is 10.8 Å². The molecule has 0 spiro atoms. The number of benzene rings is 2. The molecule has 0 saturated carbocycles. The summed E-state index contributed by atoms with van der Waals surface area (Å²) in [4.78, 5) is 0. The molecule has 0 radical (unpaired) electrons. The van der Waals surface area contributed by atoms with Gasteiger partial charge < -0.3 is 14.8 Å². The summed E-state index contributed by atoms with van der Waals surface area (Å²) < 4.78 is 6.45. The fourth-order valence-electron chi connectivity index (χ4n) is 1.70. The largest absolute Gasteiger partial charge is 0.457 e. The Morgan fingerprint density at radius 1 is 1.10 bits per heavy atom. The van der Waals surface area contributed by atoms with Crippen LogP contribution in [0, 0.1) is 11.3 Å². The smallest absolute Gasteiger partial charge is 0.456 e. The van der Waals surface area contributed by atoms with E-state index in [4.69, 9.17) is 20.0 Å². The molecule has 0 bridgehead atoms. The van der Waals surface area contributed by atoms with Gasteiger partial charge in [-0.3, -0.25) is 0 Å². The first-order valence-electron chi connectivity index (χ1n) is 5.91. The molecule has 0 fully saturated rings. The van der Waals surface area contributed by atoms with Crippen LogP contribution in [0.2, 0.25) is 0 Å². The first-order valence-corrected chi connectivity index (χ1v) is 6.70. The number of hydrogen-bond donors (Lipinski definition) is 2. The maximum absolute atomic E-state index is 9.03. The number of nitrogens with zero attached hydrogens (tertiary/aromatic N) is 1. The monoisotopic (exact) mass is 331 g/mol. The summed E-state index contributed by atoms with van der Waals surface area (Å²) in [6.45, 7) is 0. The van der Waals surface area contributed by atoms with Crippen molar-refractivity contribution in [2.45, 2.75) is 6.32 Å². The van der Waals surface area contributed by atoms with Crippen molar-refractivity contribution in [3.63, 3.8) is 0 Å². The lowest BCUT2D eigenvalue weighted by Gasteiger charge is -2.09. The molecule has 0 aliphatic carbocycles. The van der Waals surface area contributed by atoms with Crippen molar-refractivity contribution in [2.24, 2.45) is 0 Å². The molecule has 100 valence electrons. The van der Waals surface area contributed by atoms with Crippen LogP contribution < -0.4 is 4.74 Å². The van der Waals surface area contributed by atoms with Crippen molar-refractivity contribution >= 4 is 23.0 Å². The van der Waals surface area contributed by atoms with E-state index in [1.807, 2.05) is 6.07 Å². The molecule has 0 aliphatic rings. The van der Waals surface area contributed by atoms with Gasteiger partial charge in [0.1, 0.15) is 11.5 Å². The van der Waals surface area contributed by atoms with Crippen molar-refractivity contribution in [1.29, 1.82) is 5.26 Å². The quantitative estimate of drug-likeness (QED) is 0.845. The van der Waals surface area contributed by atoms with Crippen molar-refractivity contribution in [1.82, 2.24) is 0 Å². The van der Waals surface area contributed by atoms with Crippen LogP contribution in [0.5, 0.6) is 11.5 Å². The summed E-state index contributed by atoms with van der Waals surface area (Å²) >= 11 is 3.35. The highest BCUT2D eigenvalue weighted by molar-refractivity contribution is 9.10. The Morgan fingerprint density at radius 3 is 2.35 bits per heavy atom. The molecule has 0 atom stereocenters. The van der Waals surface area contributed by atoms with Gasteiger partial charge in [0.15, 0.2) is 0 Å². The SMILES string of the molecule is N#Cc1ccc(Oc2ccc(Br)c(CB(O)O)c2)cc1. The first kappa shape index (κ1) is 14.6. The van der Waals surface area contributed by atoms with Gasteiger partial charge in [0.05, 0.1) is 11.6 Å². The normalized spacial score (nSPS) is 9.90. The fourth-order valence-corrected chi connectivity index (χ4v) is 2.11. The molecule has 2 aromatic rings. The molecule has 0 aliphatic heterocycles. The third-order valence-electron chi connectivity index (χ3n) is 2.64. The van der Waals surface area contributed by atoms with Gasteiger partial charge in [-0.25, -0.2) is 0 Å². The van der Waals surface area contributed by atoms with Crippen LogP contribution in [0.25, 0.3) is 0 Å². The van der Waals surface area contributed by atoms with E-state index in [0.717, 1.165) is 10.0 Å². The zero-order valence-corrected chi connectivity index (χ0v) is 12.0. The minimum absolute atomic E-state index is 0.116. The molecule has 20 heavy (non-hydrogen) atoms. The Labute approximate surface area is 125 Å². The van der Waals surface area contributed by atoms with E-state index in [2.05, 4.69) is 15.9 Å². The number of ether oxygens (including phenoxy) is 1. The molecule has 0 heterocycles. The first-order chi connectivity index (χ1) is 9.58. The van der Waals surface area contributed by atoms with Gasteiger partial charge in [-0.1, -0.05) is 15.9 Å². The van der Waals surface area contributed by atoms with Gasteiger partial charge >= 0.3 is 7.12 Å². The minimum atomic E-state index is -1.41. The highest BCUT2D eigenvalue weighted by Crippen LogP contribution is 2.27. The lowest BCUT2D eigenvalue weighted by molar-refractivity contribution is 0.405. The summed E-state index contributed by atoms with van der Waals surface area (Å²) in [7, 11) is -1.41. The zero-order valence-electron chi connectivity index (χ0n) is 10.5. The maximum atomic E-state index is 9.03. The number of halogens is 1. The van der Waals surface area contributed by atoms with E-state index in [1.165, 1.54) is 0 Å². The van der Waals surface area contributed by atoms with E-state index >= 15 is 0 Å². The minimum Gasteiger partial charge on any atom is -0.457 e. The molecule has 4 nitrogen and oxygen atoms in total. The molecule has 2 rings (SSSR count).